The van der Waals surface area contributed by atoms with Crippen LogP contribution in [0, 0.1) is 29.6 Å². The Balaban J connectivity index is 2.17. The molecule has 0 saturated carbocycles. The lowest BCUT2D eigenvalue weighted by atomic mass is 9.84. The number of carbonyl (C=O) groups is 7. The van der Waals surface area contributed by atoms with Crippen LogP contribution in [0.1, 0.15) is 103 Å². The number of aromatic nitrogens is 2. The van der Waals surface area contributed by atoms with Crippen LogP contribution in [0.3, 0.4) is 0 Å². The van der Waals surface area contributed by atoms with Crippen molar-refractivity contribution in [3.8, 4) is 11.6 Å². The van der Waals surface area contributed by atoms with Gasteiger partial charge in [-0.2, -0.15) is 4.98 Å². The molecule has 372 valence electrons. The van der Waals surface area contributed by atoms with E-state index < -0.39 is 84.6 Å². The molecule has 2 aromatic rings. The van der Waals surface area contributed by atoms with Gasteiger partial charge < -0.3 is 53.0 Å². The molecule has 2 aromatic heterocycles. The van der Waals surface area contributed by atoms with Gasteiger partial charge in [0.15, 0.2) is 11.5 Å². The van der Waals surface area contributed by atoms with Gasteiger partial charge in [0.2, 0.25) is 12.3 Å². The molecule has 0 aliphatic heterocycles. The van der Waals surface area contributed by atoms with Gasteiger partial charge in [0, 0.05) is 72.3 Å². The number of Topliss-reactive ketones (excluding diaryl/α,β-unsaturated/α-hetero) is 1. The predicted octanol–water partition coefficient (Wildman–Crippen LogP) is 4.90. The largest absolute Gasteiger partial charge is 0.466 e. The van der Waals surface area contributed by atoms with Gasteiger partial charge in [0.25, 0.3) is 5.89 Å². The molecule has 20 heteroatoms. The highest BCUT2D eigenvalue weighted by Gasteiger charge is 2.35. The van der Waals surface area contributed by atoms with Gasteiger partial charge in [0.1, 0.15) is 42.3 Å². The monoisotopic (exact) mass is 944 g/mol. The van der Waals surface area contributed by atoms with Crippen LogP contribution in [0.4, 0.5) is 0 Å². The molecule has 2 heterocycles. The molecule has 0 fully saturated rings. The van der Waals surface area contributed by atoms with Crippen LogP contribution in [0.25, 0.3) is 11.6 Å². The zero-order valence-corrected chi connectivity index (χ0v) is 40.3. The number of aliphatic hydroxyl groups excluding tert-OH is 1. The Morgan fingerprint density at radius 3 is 2.10 bits per heavy atom. The summed E-state index contributed by atoms with van der Waals surface area (Å²) in [6.07, 6.45) is 7.63. The maximum absolute atomic E-state index is 13.5. The van der Waals surface area contributed by atoms with Crippen LogP contribution < -0.4 is 5.73 Å². The van der Waals surface area contributed by atoms with E-state index in [1.165, 1.54) is 71.0 Å². The second kappa shape index (κ2) is 29.0. The molecule has 0 spiro atoms. The van der Waals surface area contributed by atoms with Crippen LogP contribution in [0.5, 0.6) is 0 Å². The smallest absolute Gasteiger partial charge is 0.330 e. The number of rotatable bonds is 32. The normalized spacial score (nSPS) is 16.8. The van der Waals surface area contributed by atoms with Crippen LogP contribution in [0.2, 0.25) is 0 Å². The van der Waals surface area contributed by atoms with Crippen LogP contribution >= 0.6 is 0 Å². The number of oxazole rings is 2. The standard InChI is InChI=1S/C47H68N4O16/c1-27(18-19-37(56)29(3)43(66-32(6)53)28(2)20-21-51(7)26-52)39(61-9)23-40(31(5)38(60-8)16-13-17-41(57)62-10)67-42(58)22-33(54)14-12-15-36(55)30(4)44(63-11)34-24-64-46(49-34)35-25-65-47(50-35)45(48)59/h12-13,15,17,20-21,24-31,33,38-40,43-44,54H,14,16,18-19,22-23H2,1-11H3,(H2,48,59). The van der Waals surface area contributed by atoms with E-state index in [4.69, 9.17) is 43.0 Å². The number of nitrogens with zero attached hydrogens (tertiary/aromatic N) is 3. The fraction of sp³-hybridized carbons (Fsp3) is 0.596. The molecule has 20 nitrogen and oxygen atoms in total. The Kier molecular flexibility index (Phi) is 24.8. The molecule has 67 heavy (non-hydrogen) atoms. The molecule has 0 radical (unpaired) electrons. The maximum atomic E-state index is 13.5. The van der Waals surface area contributed by atoms with Crippen molar-refractivity contribution in [2.45, 2.75) is 117 Å². The molecular weight excluding hydrogens is 877 g/mol. The number of ketones is 2. The summed E-state index contributed by atoms with van der Waals surface area (Å²) < 4.78 is 44.0. The molecule has 3 N–H and O–H groups in total. The van der Waals surface area contributed by atoms with E-state index >= 15 is 0 Å². The summed E-state index contributed by atoms with van der Waals surface area (Å²) in [5.41, 5.74) is 5.58. The fourth-order valence-electron chi connectivity index (χ4n) is 7.27. The van der Waals surface area contributed by atoms with E-state index in [2.05, 4.69) is 9.97 Å². The first-order chi connectivity index (χ1) is 31.7. The van der Waals surface area contributed by atoms with Gasteiger partial charge >= 0.3 is 23.8 Å². The topological polar surface area (TPSA) is 276 Å². The minimum Gasteiger partial charge on any atom is -0.466 e. The highest BCUT2D eigenvalue weighted by Crippen LogP contribution is 2.31. The number of ether oxygens (including phenoxy) is 6. The highest BCUT2D eigenvalue weighted by molar-refractivity contribution is 5.92. The molecule has 0 saturated heterocycles. The first-order valence-corrected chi connectivity index (χ1v) is 21.9. The minimum absolute atomic E-state index is 0.0154. The summed E-state index contributed by atoms with van der Waals surface area (Å²) in [5.74, 6) is -6.01. The van der Waals surface area contributed by atoms with Gasteiger partial charge in [0.05, 0.1) is 43.7 Å². The minimum atomic E-state index is -1.22. The molecule has 0 aromatic carbocycles. The second-order valence-corrected chi connectivity index (χ2v) is 16.5. The Labute approximate surface area is 391 Å². The summed E-state index contributed by atoms with van der Waals surface area (Å²) in [6.45, 7) is 10.1. The Bertz CT molecular complexity index is 2010. The zero-order valence-electron chi connectivity index (χ0n) is 40.3. The molecule has 0 bridgehead atoms. The van der Waals surface area contributed by atoms with Crippen LogP contribution in [-0.2, 0) is 57.2 Å². The van der Waals surface area contributed by atoms with Crippen molar-refractivity contribution in [2.24, 2.45) is 35.3 Å². The van der Waals surface area contributed by atoms with E-state index in [1.54, 1.807) is 40.0 Å². The Hall–Kier alpha value is -5.83. The molecule has 0 aliphatic rings. The van der Waals surface area contributed by atoms with Gasteiger partial charge in [-0.05, 0) is 31.3 Å². The molecule has 11 atom stereocenters. The highest BCUT2D eigenvalue weighted by atomic mass is 16.6. The molecule has 2 rings (SSSR count). The quantitative estimate of drug-likeness (QED) is 0.0427. The SMILES string of the molecule is COC(=O)C=CCC(OC)C(C)C(CC(OC)C(C)CCC(=O)C(C)C(OC(C)=O)C(C)C=CN(C)C=O)OC(=O)CC(O)CC=CC(=O)C(C)C(OC)c1coc(-c2coc(C(N)=O)n2)n1. The van der Waals surface area contributed by atoms with E-state index in [1.807, 2.05) is 13.8 Å². The van der Waals surface area contributed by atoms with Gasteiger partial charge in [-0.1, -0.05) is 52.8 Å². The van der Waals surface area contributed by atoms with Crippen LogP contribution in [0.15, 0.2) is 57.9 Å². The summed E-state index contributed by atoms with van der Waals surface area (Å²) in [6, 6.07) is 0. The number of esters is 3. The average Bonchev–Trinajstić information content (AvgIpc) is 4.00. The lowest BCUT2D eigenvalue weighted by Gasteiger charge is -2.34. The number of allylic oxidation sites excluding steroid dienone is 1. The third-order valence-electron chi connectivity index (χ3n) is 11.4. The van der Waals surface area contributed by atoms with E-state index in [0.29, 0.717) is 12.8 Å². The third kappa shape index (κ3) is 18.8. The third-order valence-corrected chi connectivity index (χ3v) is 11.4. The molecule has 0 aliphatic carbocycles. The summed E-state index contributed by atoms with van der Waals surface area (Å²) in [5, 5.41) is 10.9. The number of hydrogen-bond donors (Lipinski definition) is 2. The van der Waals surface area contributed by atoms with Crippen molar-refractivity contribution < 1.29 is 75.9 Å². The summed E-state index contributed by atoms with van der Waals surface area (Å²) in [7, 11) is 7.22. The number of primary amides is 1. The van der Waals surface area contributed by atoms with E-state index in [0.717, 1.165) is 6.26 Å². The maximum Gasteiger partial charge on any atom is 0.330 e. The van der Waals surface area contributed by atoms with Crippen molar-refractivity contribution in [1.82, 2.24) is 14.9 Å². The second-order valence-electron chi connectivity index (χ2n) is 16.5. The number of hydrogen-bond acceptors (Lipinski definition) is 18. The van der Waals surface area contributed by atoms with Gasteiger partial charge in [-0.3, -0.25) is 28.8 Å². The number of nitrogens with two attached hydrogens (primary N) is 1. The lowest BCUT2D eigenvalue weighted by Crippen LogP contribution is -2.39. The van der Waals surface area contributed by atoms with Crippen molar-refractivity contribution in [3.05, 3.63) is 60.7 Å². The van der Waals surface area contributed by atoms with Crippen molar-refractivity contribution in [1.29, 1.82) is 0 Å². The first-order valence-electron chi connectivity index (χ1n) is 21.9. The Morgan fingerprint density at radius 2 is 1.52 bits per heavy atom. The Morgan fingerprint density at radius 1 is 0.851 bits per heavy atom. The van der Waals surface area contributed by atoms with E-state index in [-0.39, 0.29) is 72.3 Å². The average molecular weight is 945 g/mol. The molecule has 2 amide bonds. The summed E-state index contributed by atoms with van der Waals surface area (Å²) >= 11 is 0. The number of aliphatic hydroxyl groups is 1. The zero-order chi connectivity index (χ0) is 50.4. The van der Waals surface area contributed by atoms with Crippen molar-refractivity contribution in [3.63, 3.8) is 0 Å². The van der Waals surface area contributed by atoms with Crippen molar-refractivity contribution in [2.75, 3.05) is 35.5 Å². The summed E-state index contributed by atoms with van der Waals surface area (Å²) in [4.78, 5) is 95.9. The number of carbonyl (C=O) groups excluding carboxylic acids is 7. The molecule has 11 unspecified atom stereocenters. The van der Waals surface area contributed by atoms with E-state index in [9.17, 15) is 38.7 Å². The van der Waals surface area contributed by atoms with Crippen LogP contribution in [-0.4, -0.2) is 128 Å². The van der Waals surface area contributed by atoms with Gasteiger partial charge in [-0.15, -0.1) is 0 Å². The lowest BCUT2D eigenvalue weighted by molar-refractivity contribution is -0.159. The number of methoxy groups -OCH3 is 4. The van der Waals surface area contributed by atoms with Gasteiger partial charge in [-0.25, -0.2) is 9.78 Å². The fourth-order valence-corrected chi connectivity index (χ4v) is 7.27. The number of amides is 2. The first kappa shape index (κ1) is 57.3. The van der Waals surface area contributed by atoms with Crippen molar-refractivity contribution >= 4 is 41.8 Å². The molecular formula is C47H68N4O16. The predicted molar refractivity (Wildman–Crippen MR) is 240 cm³/mol.